The van der Waals surface area contributed by atoms with Gasteiger partial charge < -0.3 is 44.5 Å². The van der Waals surface area contributed by atoms with Crippen LogP contribution in [0.5, 0.6) is 0 Å². The number of nitrogens with one attached hydrogen (secondary N) is 2. The largest absolute Gasteiger partial charge is 0.481 e. The van der Waals surface area contributed by atoms with Crippen molar-refractivity contribution in [3.8, 4) is 0 Å². The van der Waals surface area contributed by atoms with Gasteiger partial charge in [-0.15, -0.1) is 0 Å². The molecule has 1 rings (SSSR count). The number of esters is 2. The van der Waals surface area contributed by atoms with Crippen molar-refractivity contribution in [1.29, 1.82) is 0 Å². The van der Waals surface area contributed by atoms with Gasteiger partial charge in [0, 0.05) is 78.4 Å². The van der Waals surface area contributed by atoms with Gasteiger partial charge in [0.2, 0.25) is 11.8 Å². The van der Waals surface area contributed by atoms with Gasteiger partial charge in [-0.3, -0.25) is 43.5 Å². The second kappa shape index (κ2) is 27.2. The van der Waals surface area contributed by atoms with Gasteiger partial charge in [0.25, 0.3) is 0 Å². The summed E-state index contributed by atoms with van der Waals surface area (Å²) in [6.07, 6.45) is 1.03. The summed E-state index contributed by atoms with van der Waals surface area (Å²) in [4.78, 5) is 77.9. The van der Waals surface area contributed by atoms with E-state index < -0.39 is 41.1 Å². The highest BCUT2D eigenvalue weighted by atomic mass is 16.6. The second-order valence-corrected chi connectivity index (χ2v) is 15.3. The Morgan fingerprint density at radius 3 is 1.38 bits per heavy atom. The molecule has 0 aromatic heterocycles. The zero-order chi connectivity index (χ0) is 41.3. The molecule has 0 radical (unpaired) electrons. The minimum atomic E-state index is -1.05. The standard InChI is InChI=1S/C37H67N5O13/c1-36(2,3)54-33(47)27-40-15-16-41(28-34(48)55-37(4,5)6)18-20-42(19-17-40)29(35(49)50)9-10-30(43)38-13-7-21-51-23-25-53-26-24-52-22-8-14-39-31(44)11-12-32(45)46/h29H,7-28H2,1-6H3,(H,38,43)(H,39,44)(H,45,46)(H,49,50). The number of carboxylic acids is 2. The molecule has 1 saturated heterocycles. The second-order valence-electron chi connectivity index (χ2n) is 15.3. The quantitative estimate of drug-likeness (QED) is 0.0701. The molecule has 1 aliphatic heterocycles. The molecule has 55 heavy (non-hydrogen) atoms. The Bertz CT molecular complexity index is 1130. The number of hydrogen-bond acceptors (Lipinski definition) is 14. The first kappa shape index (κ1) is 49.6. The normalized spacial score (nSPS) is 15.6. The maximum atomic E-state index is 12.7. The van der Waals surface area contributed by atoms with Gasteiger partial charge in [0.1, 0.15) is 17.2 Å². The van der Waals surface area contributed by atoms with Crippen molar-refractivity contribution >= 4 is 35.7 Å². The molecule has 1 atom stereocenters. The molecule has 2 amide bonds. The first-order chi connectivity index (χ1) is 25.8. The van der Waals surface area contributed by atoms with Crippen LogP contribution in [0.15, 0.2) is 0 Å². The lowest BCUT2D eigenvalue weighted by Crippen LogP contribution is -2.47. The minimum Gasteiger partial charge on any atom is -0.481 e. The molecule has 1 unspecified atom stereocenters. The van der Waals surface area contributed by atoms with Gasteiger partial charge in [0.05, 0.1) is 45.9 Å². The SMILES string of the molecule is CC(C)(C)OC(=O)CN1CCN(CC(=O)OC(C)(C)C)CCN(C(CCC(=O)NCCCOCCOCCOCCCNC(=O)CCC(=O)O)C(=O)O)CC1. The molecule has 0 spiro atoms. The van der Waals surface area contributed by atoms with Crippen LogP contribution in [-0.4, -0.2) is 183 Å². The van der Waals surface area contributed by atoms with Crippen LogP contribution in [0.1, 0.15) is 80.1 Å². The van der Waals surface area contributed by atoms with Crippen LogP contribution < -0.4 is 10.6 Å². The molecule has 4 N–H and O–H groups in total. The van der Waals surface area contributed by atoms with E-state index in [9.17, 15) is 33.9 Å². The lowest BCUT2D eigenvalue weighted by atomic mass is 10.1. The van der Waals surface area contributed by atoms with Crippen molar-refractivity contribution in [3.05, 3.63) is 0 Å². The van der Waals surface area contributed by atoms with E-state index in [0.29, 0.717) is 105 Å². The van der Waals surface area contributed by atoms with Crippen molar-refractivity contribution in [1.82, 2.24) is 25.3 Å². The van der Waals surface area contributed by atoms with Crippen LogP contribution in [0.4, 0.5) is 0 Å². The Kier molecular flexibility index (Phi) is 24.6. The summed E-state index contributed by atoms with van der Waals surface area (Å²) in [5.41, 5.74) is -1.31. The molecule has 0 aliphatic carbocycles. The fourth-order valence-corrected chi connectivity index (χ4v) is 5.37. The van der Waals surface area contributed by atoms with E-state index in [4.69, 9.17) is 28.8 Å². The van der Waals surface area contributed by atoms with Gasteiger partial charge in [-0.05, 0) is 60.8 Å². The third-order valence-corrected chi connectivity index (χ3v) is 7.94. The maximum Gasteiger partial charge on any atom is 0.320 e. The summed E-state index contributed by atoms with van der Waals surface area (Å²) >= 11 is 0. The van der Waals surface area contributed by atoms with Crippen LogP contribution in [0, 0.1) is 0 Å². The van der Waals surface area contributed by atoms with Gasteiger partial charge >= 0.3 is 23.9 Å². The highest BCUT2D eigenvalue weighted by Gasteiger charge is 2.30. The molecule has 0 aromatic rings. The smallest absolute Gasteiger partial charge is 0.320 e. The molecule has 0 aromatic carbocycles. The molecule has 18 nitrogen and oxygen atoms in total. The highest BCUT2D eigenvalue weighted by molar-refractivity contribution is 5.80. The Balaban J connectivity index is 2.43. The zero-order valence-electron chi connectivity index (χ0n) is 33.9. The Morgan fingerprint density at radius 2 is 0.982 bits per heavy atom. The number of nitrogens with zero attached hydrogens (tertiary/aromatic N) is 3. The first-order valence-electron chi connectivity index (χ1n) is 19.2. The number of carboxylic acid groups (broad SMARTS) is 2. The molecule has 18 heteroatoms. The third-order valence-electron chi connectivity index (χ3n) is 7.94. The van der Waals surface area contributed by atoms with E-state index >= 15 is 0 Å². The van der Waals surface area contributed by atoms with Crippen LogP contribution in [0.2, 0.25) is 0 Å². The Labute approximate surface area is 325 Å². The summed E-state index contributed by atoms with van der Waals surface area (Å²) < 4.78 is 27.5. The number of amides is 2. The number of hydrogen-bond donors (Lipinski definition) is 4. The molecule has 318 valence electrons. The van der Waals surface area contributed by atoms with Crippen molar-refractivity contribution in [2.75, 3.05) is 105 Å². The number of carbonyl (C=O) groups is 6. The molecule has 1 fully saturated rings. The number of aliphatic carboxylic acids is 2. The summed E-state index contributed by atoms with van der Waals surface area (Å²) in [7, 11) is 0. The maximum absolute atomic E-state index is 12.7. The monoisotopic (exact) mass is 789 g/mol. The summed E-state index contributed by atoms with van der Waals surface area (Å²) in [6, 6.07) is -0.950. The lowest BCUT2D eigenvalue weighted by molar-refractivity contribution is -0.158. The number of rotatable bonds is 26. The highest BCUT2D eigenvalue weighted by Crippen LogP contribution is 2.13. The minimum absolute atomic E-state index is 0.00884. The van der Waals surface area contributed by atoms with Crippen molar-refractivity contribution in [3.63, 3.8) is 0 Å². The third kappa shape index (κ3) is 27.8. The number of ether oxygens (including phenoxy) is 5. The molecular formula is C37H67N5O13. The average Bonchev–Trinajstić information content (AvgIpc) is 3.14. The molecule has 0 bridgehead atoms. The van der Waals surface area contributed by atoms with E-state index in [0.717, 1.165) is 0 Å². The lowest BCUT2D eigenvalue weighted by Gasteiger charge is -2.31. The Hall–Kier alpha value is -3.42. The van der Waals surface area contributed by atoms with E-state index in [-0.39, 0.29) is 50.6 Å². The van der Waals surface area contributed by atoms with E-state index in [1.807, 2.05) is 9.80 Å². The van der Waals surface area contributed by atoms with Crippen molar-refractivity contribution in [2.24, 2.45) is 0 Å². The van der Waals surface area contributed by atoms with E-state index in [1.54, 1.807) is 46.4 Å². The van der Waals surface area contributed by atoms with Crippen molar-refractivity contribution in [2.45, 2.75) is 97.3 Å². The van der Waals surface area contributed by atoms with Gasteiger partial charge in [-0.1, -0.05) is 0 Å². The zero-order valence-corrected chi connectivity index (χ0v) is 33.9. The van der Waals surface area contributed by atoms with E-state index in [1.165, 1.54) is 0 Å². The first-order valence-corrected chi connectivity index (χ1v) is 19.2. The predicted molar refractivity (Wildman–Crippen MR) is 201 cm³/mol. The fraction of sp³-hybridized carbons (Fsp3) is 0.838. The predicted octanol–water partition coefficient (Wildman–Crippen LogP) is 0.750. The Morgan fingerprint density at radius 1 is 0.582 bits per heavy atom. The van der Waals surface area contributed by atoms with Crippen LogP contribution >= 0.6 is 0 Å². The van der Waals surface area contributed by atoms with Crippen molar-refractivity contribution < 1.29 is 62.7 Å². The van der Waals surface area contributed by atoms with E-state index in [2.05, 4.69) is 10.6 Å². The van der Waals surface area contributed by atoms with Gasteiger partial charge in [-0.25, -0.2) is 0 Å². The van der Waals surface area contributed by atoms with Crippen LogP contribution in [0.3, 0.4) is 0 Å². The topological polar surface area (TPSA) is 223 Å². The summed E-state index contributed by atoms with van der Waals surface area (Å²) in [5.74, 6) is -3.41. The fourth-order valence-electron chi connectivity index (χ4n) is 5.37. The van der Waals surface area contributed by atoms with Crippen LogP contribution in [0.25, 0.3) is 0 Å². The average molecular weight is 790 g/mol. The molecule has 1 aliphatic rings. The van der Waals surface area contributed by atoms with Gasteiger partial charge in [-0.2, -0.15) is 0 Å². The number of carbonyl (C=O) groups excluding carboxylic acids is 4. The summed E-state index contributed by atoms with van der Waals surface area (Å²) in [5, 5.41) is 24.2. The molecule has 0 saturated carbocycles. The van der Waals surface area contributed by atoms with Gasteiger partial charge in [0.15, 0.2) is 0 Å². The molecular weight excluding hydrogens is 722 g/mol. The molecule has 1 heterocycles. The summed E-state index contributed by atoms with van der Waals surface area (Å²) in [6.45, 7) is 16.3. The van der Waals surface area contributed by atoms with Crippen LogP contribution in [-0.2, 0) is 52.5 Å².